The summed E-state index contributed by atoms with van der Waals surface area (Å²) in [6, 6.07) is 2.83. The van der Waals surface area contributed by atoms with E-state index in [9.17, 15) is 18.7 Å². The normalized spacial score (nSPS) is 10.8. The number of aliphatic carboxylic acids is 1. The van der Waals surface area contributed by atoms with Crippen LogP contribution in [-0.2, 0) is 11.2 Å². The minimum Gasteiger partial charge on any atom is -0.507 e. The topological polar surface area (TPSA) is 57.5 Å². The highest BCUT2D eigenvalue weighted by atomic mass is 19.3. The number of aromatic hydroxyl groups is 1. The molecule has 0 atom stereocenters. The molecule has 1 aromatic carbocycles. The molecule has 1 aromatic rings. The lowest BCUT2D eigenvalue weighted by molar-refractivity contribution is -0.137. The average molecular weight is 244 g/mol. The summed E-state index contributed by atoms with van der Waals surface area (Å²) in [4.78, 5) is 10.3. The van der Waals surface area contributed by atoms with Crippen LogP contribution in [0.15, 0.2) is 12.1 Å². The summed E-state index contributed by atoms with van der Waals surface area (Å²) in [7, 11) is 0. The maximum Gasteiger partial charge on any atom is 0.303 e. The summed E-state index contributed by atoms with van der Waals surface area (Å²) in [5, 5.41) is 17.9. The molecule has 0 radical (unpaired) electrons. The SMILES string of the molecule is Cc1cc(CCCC(=O)O)cc(C(F)F)c1O. The average Bonchev–Trinajstić information content (AvgIpc) is 2.22. The highest BCUT2D eigenvalue weighted by Gasteiger charge is 2.15. The Hall–Kier alpha value is -1.65. The maximum atomic E-state index is 12.6. The molecule has 0 saturated heterocycles. The van der Waals surface area contributed by atoms with Gasteiger partial charge in [0.2, 0.25) is 0 Å². The Balaban J connectivity index is 2.83. The number of carboxylic acids is 1. The molecule has 0 aliphatic heterocycles. The molecule has 0 amide bonds. The number of rotatable bonds is 5. The molecule has 0 aliphatic rings. The molecule has 0 aromatic heterocycles. The first-order valence-corrected chi connectivity index (χ1v) is 5.24. The fraction of sp³-hybridized carbons (Fsp3) is 0.417. The van der Waals surface area contributed by atoms with E-state index in [1.165, 1.54) is 6.07 Å². The second-order valence-corrected chi connectivity index (χ2v) is 3.90. The summed E-state index contributed by atoms with van der Waals surface area (Å²) >= 11 is 0. The van der Waals surface area contributed by atoms with Gasteiger partial charge < -0.3 is 10.2 Å². The number of carboxylic acid groups (broad SMARTS) is 1. The van der Waals surface area contributed by atoms with Crippen LogP contribution < -0.4 is 0 Å². The van der Waals surface area contributed by atoms with Gasteiger partial charge in [0.25, 0.3) is 6.43 Å². The van der Waals surface area contributed by atoms with Crippen LogP contribution in [0, 0.1) is 6.92 Å². The van der Waals surface area contributed by atoms with Crippen molar-refractivity contribution in [1.29, 1.82) is 0 Å². The zero-order valence-corrected chi connectivity index (χ0v) is 9.41. The molecule has 0 heterocycles. The van der Waals surface area contributed by atoms with E-state index >= 15 is 0 Å². The molecular formula is C12H14F2O3. The lowest BCUT2D eigenvalue weighted by atomic mass is 10.0. The van der Waals surface area contributed by atoms with Gasteiger partial charge in [-0.05, 0) is 37.0 Å². The van der Waals surface area contributed by atoms with E-state index in [0.29, 0.717) is 24.0 Å². The van der Waals surface area contributed by atoms with Crippen molar-refractivity contribution in [2.24, 2.45) is 0 Å². The molecule has 0 spiro atoms. The predicted octanol–water partition coefficient (Wildman–Crippen LogP) is 3.05. The third kappa shape index (κ3) is 3.69. The van der Waals surface area contributed by atoms with Crippen molar-refractivity contribution in [2.75, 3.05) is 0 Å². The van der Waals surface area contributed by atoms with Gasteiger partial charge in [0.05, 0.1) is 5.56 Å². The minimum absolute atomic E-state index is 0.00390. The zero-order valence-electron chi connectivity index (χ0n) is 9.41. The smallest absolute Gasteiger partial charge is 0.303 e. The van der Waals surface area contributed by atoms with Crippen LogP contribution in [0.5, 0.6) is 5.75 Å². The van der Waals surface area contributed by atoms with Crippen molar-refractivity contribution < 1.29 is 23.8 Å². The molecular weight excluding hydrogens is 230 g/mol. The van der Waals surface area contributed by atoms with Gasteiger partial charge in [-0.1, -0.05) is 6.07 Å². The van der Waals surface area contributed by atoms with Crippen LogP contribution in [-0.4, -0.2) is 16.2 Å². The van der Waals surface area contributed by atoms with Crippen molar-refractivity contribution in [2.45, 2.75) is 32.6 Å². The van der Waals surface area contributed by atoms with Gasteiger partial charge in [-0.25, -0.2) is 8.78 Å². The first-order chi connectivity index (χ1) is 7.91. The van der Waals surface area contributed by atoms with E-state index in [1.54, 1.807) is 13.0 Å². The van der Waals surface area contributed by atoms with E-state index < -0.39 is 18.0 Å². The van der Waals surface area contributed by atoms with E-state index in [0.717, 1.165) is 0 Å². The first-order valence-electron chi connectivity index (χ1n) is 5.24. The molecule has 2 N–H and O–H groups in total. The Morgan fingerprint density at radius 1 is 1.41 bits per heavy atom. The second kappa shape index (κ2) is 5.61. The third-order valence-electron chi connectivity index (χ3n) is 2.48. The quantitative estimate of drug-likeness (QED) is 0.836. The third-order valence-corrected chi connectivity index (χ3v) is 2.48. The van der Waals surface area contributed by atoms with Crippen molar-refractivity contribution in [1.82, 2.24) is 0 Å². The van der Waals surface area contributed by atoms with Crippen LogP contribution in [0.25, 0.3) is 0 Å². The predicted molar refractivity (Wildman–Crippen MR) is 58.4 cm³/mol. The fourth-order valence-corrected chi connectivity index (χ4v) is 1.64. The maximum absolute atomic E-state index is 12.6. The molecule has 0 aliphatic carbocycles. The van der Waals surface area contributed by atoms with Crippen LogP contribution >= 0.6 is 0 Å². The van der Waals surface area contributed by atoms with E-state index in [-0.39, 0.29) is 12.2 Å². The summed E-state index contributed by atoms with van der Waals surface area (Å²) in [5.74, 6) is -1.29. The Kier molecular flexibility index (Phi) is 4.43. The summed E-state index contributed by atoms with van der Waals surface area (Å²) in [6.07, 6.45) is -1.92. The lowest BCUT2D eigenvalue weighted by Gasteiger charge is -2.09. The molecule has 94 valence electrons. The van der Waals surface area contributed by atoms with Crippen LogP contribution in [0.2, 0.25) is 0 Å². The highest BCUT2D eigenvalue weighted by molar-refractivity contribution is 5.66. The summed E-state index contributed by atoms with van der Waals surface area (Å²) in [6.45, 7) is 1.54. The van der Waals surface area contributed by atoms with Crippen LogP contribution in [0.4, 0.5) is 8.78 Å². The number of phenolic OH excluding ortho intramolecular Hbond substituents is 1. The molecule has 0 fully saturated rings. The van der Waals surface area contributed by atoms with Gasteiger partial charge in [0.15, 0.2) is 0 Å². The largest absolute Gasteiger partial charge is 0.507 e. The van der Waals surface area contributed by atoms with Crippen molar-refractivity contribution >= 4 is 5.97 Å². The lowest BCUT2D eigenvalue weighted by Crippen LogP contribution is -1.97. The summed E-state index contributed by atoms with van der Waals surface area (Å²) < 4.78 is 25.2. The van der Waals surface area contributed by atoms with Gasteiger partial charge in [0, 0.05) is 6.42 Å². The van der Waals surface area contributed by atoms with Gasteiger partial charge in [0.1, 0.15) is 5.75 Å². The molecule has 1 rings (SSSR count). The number of aryl methyl sites for hydroxylation is 2. The number of carbonyl (C=O) groups is 1. The van der Waals surface area contributed by atoms with Gasteiger partial charge in [-0.2, -0.15) is 0 Å². The standard InChI is InChI=1S/C12H14F2O3/c1-7-5-8(3-2-4-10(15)16)6-9(11(7)17)12(13)14/h5-6,12,17H,2-4H2,1H3,(H,15,16). The molecule has 0 bridgehead atoms. The van der Waals surface area contributed by atoms with Gasteiger partial charge in [-0.3, -0.25) is 4.79 Å². The molecule has 17 heavy (non-hydrogen) atoms. The monoisotopic (exact) mass is 244 g/mol. The molecule has 3 nitrogen and oxygen atoms in total. The number of phenols is 1. The van der Waals surface area contributed by atoms with Crippen molar-refractivity contribution in [3.8, 4) is 5.75 Å². The van der Waals surface area contributed by atoms with E-state index in [2.05, 4.69) is 0 Å². The number of hydrogen-bond acceptors (Lipinski definition) is 2. The molecule has 5 heteroatoms. The molecule has 0 saturated carbocycles. The van der Waals surface area contributed by atoms with Crippen LogP contribution in [0.3, 0.4) is 0 Å². The van der Waals surface area contributed by atoms with Crippen molar-refractivity contribution in [3.63, 3.8) is 0 Å². The fourth-order valence-electron chi connectivity index (χ4n) is 1.64. The Labute approximate surface area is 97.7 Å². The minimum atomic E-state index is -2.73. The number of halogens is 2. The zero-order chi connectivity index (χ0) is 13.0. The Morgan fingerprint density at radius 3 is 2.59 bits per heavy atom. The summed E-state index contributed by atoms with van der Waals surface area (Å²) in [5.41, 5.74) is 0.611. The second-order valence-electron chi connectivity index (χ2n) is 3.90. The number of hydrogen-bond donors (Lipinski definition) is 2. The Bertz CT molecular complexity index is 416. The highest BCUT2D eigenvalue weighted by Crippen LogP contribution is 2.32. The Morgan fingerprint density at radius 2 is 2.06 bits per heavy atom. The van der Waals surface area contributed by atoms with Crippen LogP contribution in [0.1, 0.15) is 36.0 Å². The first kappa shape index (κ1) is 13.4. The molecule has 0 unspecified atom stereocenters. The number of alkyl halides is 2. The van der Waals surface area contributed by atoms with E-state index in [1.807, 2.05) is 0 Å². The van der Waals surface area contributed by atoms with Gasteiger partial charge >= 0.3 is 5.97 Å². The van der Waals surface area contributed by atoms with Crippen molar-refractivity contribution in [3.05, 3.63) is 28.8 Å². The van der Waals surface area contributed by atoms with E-state index in [4.69, 9.17) is 5.11 Å². The van der Waals surface area contributed by atoms with Gasteiger partial charge in [-0.15, -0.1) is 0 Å². The number of benzene rings is 1.